The van der Waals surface area contributed by atoms with E-state index in [0.717, 1.165) is 10.0 Å². The van der Waals surface area contributed by atoms with Gasteiger partial charge in [-0.2, -0.15) is 5.26 Å². The molecule has 0 heterocycles. The van der Waals surface area contributed by atoms with E-state index in [2.05, 4.69) is 22.0 Å². The van der Waals surface area contributed by atoms with Gasteiger partial charge in [-0.15, -0.1) is 0 Å². The van der Waals surface area contributed by atoms with E-state index in [1.165, 1.54) is 0 Å². The van der Waals surface area contributed by atoms with Gasteiger partial charge in [-0.05, 0) is 40.0 Å². The van der Waals surface area contributed by atoms with Crippen LogP contribution in [0.25, 0.3) is 5.70 Å². The maximum Gasteiger partial charge on any atom is 0.0968 e. The zero-order chi connectivity index (χ0) is 11.4. The van der Waals surface area contributed by atoms with Crippen molar-refractivity contribution in [2.45, 2.75) is 13.3 Å². The molecule has 0 bridgehead atoms. The van der Waals surface area contributed by atoms with Gasteiger partial charge in [0.25, 0.3) is 0 Å². The van der Waals surface area contributed by atoms with Crippen LogP contribution in [0.4, 0.5) is 0 Å². The van der Waals surface area contributed by atoms with E-state index in [9.17, 15) is 0 Å². The number of allylic oxidation sites excluding steroid dienone is 1. The van der Waals surface area contributed by atoms with E-state index in [4.69, 9.17) is 22.6 Å². The lowest BCUT2D eigenvalue weighted by molar-refractivity contribution is 1.14. The second kappa shape index (κ2) is 5.20. The summed E-state index contributed by atoms with van der Waals surface area (Å²) in [5.74, 6) is 0. The SMILES string of the molecule is CC/C(C#N)=C(/N)c1ccc(Cl)c(Br)c1. The summed E-state index contributed by atoms with van der Waals surface area (Å²) in [7, 11) is 0. The number of nitrogens with two attached hydrogens (primary N) is 1. The first-order chi connectivity index (χ1) is 7.10. The van der Waals surface area contributed by atoms with E-state index in [-0.39, 0.29) is 0 Å². The van der Waals surface area contributed by atoms with Crippen LogP contribution < -0.4 is 5.73 Å². The van der Waals surface area contributed by atoms with E-state index in [1.54, 1.807) is 12.1 Å². The average Bonchev–Trinajstić information content (AvgIpc) is 2.23. The number of halogens is 2. The zero-order valence-corrected chi connectivity index (χ0v) is 10.6. The van der Waals surface area contributed by atoms with Crippen molar-refractivity contribution in [2.24, 2.45) is 5.73 Å². The first-order valence-electron chi connectivity index (χ1n) is 4.44. The van der Waals surface area contributed by atoms with Crippen molar-refractivity contribution in [3.8, 4) is 6.07 Å². The van der Waals surface area contributed by atoms with Gasteiger partial charge >= 0.3 is 0 Å². The molecular formula is C11H10BrClN2. The summed E-state index contributed by atoms with van der Waals surface area (Å²) in [5, 5.41) is 9.48. The summed E-state index contributed by atoms with van der Waals surface area (Å²) in [6, 6.07) is 7.45. The Morgan fingerprint density at radius 3 is 2.73 bits per heavy atom. The first-order valence-corrected chi connectivity index (χ1v) is 5.61. The Bertz CT molecular complexity index is 446. The highest BCUT2D eigenvalue weighted by molar-refractivity contribution is 9.10. The second-order valence-corrected chi connectivity index (χ2v) is 4.25. The molecule has 2 nitrogen and oxygen atoms in total. The molecule has 2 N–H and O–H groups in total. The van der Waals surface area contributed by atoms with E-state index >= 15 is 0 Å². The lowest BCUT2D eigenvalue weighted by Gasteiger charge is -2.05. The molecule has 0 spiro atoms. The van der Waals surface area contributed by atoms with Crippen molar-refractivity contribution in [3.05, 3.63) is 38.8 Å². The molecule has 0 radical (unpaired) electrons. The van der Waals surface area contributed by atoms with Gasteiger partial charge in [-0.25, -0.2) is 0 Å². The van der Waals surface area contributed by atoms with E-state index in [1.807, 2.05) is 13.0 Å². The van der Waals surface area contributed by atoms with Gasteiger partial charge in [0.15, 0.2) is 0 Å². The van der Waals surface area contributed by atoms with Crippen LogP contribution in [0.1, 0.15) is 18.9 Å². The summed E-state index contributed by atoms with van der Waals surface area (Å²) < 4.78 is 0.776. The normalized spacial score (nSPS) is 11.9. The number of nitriles is 1. The maximum absolute atomic E-state index is 8.86. The van der Waals surface area contributed by atoms with Gasteiger partial charge in [0.1, 0.15) is 0 Å². The van der Waals surface area contributed by atoms with Crippen molar-refractivity contribution in [3.63, 3.8) is 0 Å². The minimum absolute atomic E-state index is 0.511. The fourth-order valence-corrected chi connectivity index (χ4v) is 1.66. The molecule has 0 saturated heterocycles. The summed E-state index contributed by atoms with van der Waals surface area (Å²) in [5.41, 5.74) is 7.78. The molecular weight excluding hydrogens is 275 g/mol. The molecule has 0 atom stereocenters. The lowest BCUT2D eigenvalue weighted by Crippen LogP contribution is -2.00. The van der Waals surface area contributed by atoms with Gasteiger partial charge < -0.3 is 5.73 Å². The van der Waals surface area contributed by atoms with Crippen molar-refractivity contribution in [1.29, 1.82) is 5.26 Å². The molecule has 0 aliphatic carbocycles. The monoisotopic (exact) mass is 284 g/mol. The van der Waals surface area contributed by atoms with Crippen LogP contribution in [-0.4, -0.2) is 0 Å². The smallest absolute Gasteiger partial charge is 0.0968 e. The predicted octanol–water partition coefficient (Wildman–Crippen LogP) is 3.71. The Labute approximate surface area is 102 Å². The molecule has 0 unspecified atom stereocenters. The van der Waals surface area contributed by atoms with Crippen LogP contribution in [0.2, 0.25) is 5.02 Å². The molecule has 15 heavy (non-hydrogen) atoms. The number of nitrogens with zero attached hydrogens (tertiary/aromatic N) is 1. The fourth-order valence-electron chi connectivity index (χ4n) is 1.17. The number of rotatable bonds is 2. The molecule has 0 aliphatic rings. The molecule has 0 amide bonds. The number of hydrogen-bond acceptors (Lipinski definition) is 2. The van der Waals surface area contributed by atoms with Gasteiger partial charge in [0.05, 0.1) is 22.4 Å². The van der Waals surface area contributed by atoms with Crippen LogP contribution >= 0.6 is 27.5 Å². The fraction of sp³-hybridized carbons (Fsp3) is 0.182. The minimum atomic E-state index is 0.511. The Kier molecular flexibility index (Phi) is 4.19. The van der Waals surface area contributed by atoms with Crippen LogP contribution in [0.5, 0.6) is 0 Å². The van der Waals surface area contributed by atoms with Gasteiger partial charge in [-0.1, -0.05) is 24.6 Å². The summed E-state index contributed by atoms with van der Waals surface area (Å²) >= 11 is 9.18. The molecule has 4 heteroatoms. The third kappa shape index (κ3) is 2.74. The van der Waals surface area contributed by atoms with Gasteiger partial charge in [0, 0.05) is 4.47 Å². The van der Waals surface area contributed by atoms with Crippen molar-refractivity contribution in [1.82, 2.24) is 0 Å². The van der Waals surface area contributed by atoms with Crippen molar-refractivity contribution < 1.29 is 0 Å². The third-order valence-corrected chi connectivity index (χ3v) is 3.26. The Hall–Kier alpha value is -0.980. The van der Waals surface area contributed by atoms with Crippen LogP contribution in [0.3, 0.4) is 0 Å². The molecule has 0 aliphatic heterocycles. The van der Waals surface area contributed by atoms with Crippen molar-refractivity contribution >= 4 is 33.2 Å². The second-order valence-electron chi connectivity index (χ2n) is 2.99. The topological polar surface area (TPSA) is 49.8 Å². The lowest BCUT2D eigenvalue weighted by atomic mass is 10.1. The zero-order valence-electron chi connectivity index (χ0n) is 8.22. The Morgan fingerprint density at radius 2 is 2.27 bits per heavy atom. The molecule has 78 valence electrons. The molecule has 0 fully saturated rings. The highest BCUT2D eigenvalue weighted by Crippen LogP contribution is 2.26. The predicted molar refractivity (Wildman–Crippen MR) is 66.2 cm³/mol. The van der Waals surface area contributed by atoms with E-state index < -0.39 is 0 Å². The van der Waals surface area contributed by atoms with Crippen LogP contribution in [0.15, 0.2) is 28.2 Å². The summed E-state index contributed by atoms with van der Waals surface area (Å²) in [6.45, 7) is 1.90. The van der Waals surface area contributed by atoms with Crippen molar-refractivity contribution in [2.75, 3.05) is 0 Å². The van der Waals surface area contributed by atoms with Gasteiger partial charge in [0.2, 0.25) is 0 Å². The molecule has 1 rings (SSSR count). The average molecular weight is 286 g/mol. The highest BCUT2D eigenvalue weighted by Gasteiger charge is 2.05. The maximum atomic E-state index is 8.86. The molecule has 1 aromatic carbocycles. The number of benzene rings is 1. The number of hydrogen-bond donors (Lipinski definition) is 1. The van der Waals surface area contributed by atoms with Crippen LogP contribution in [0, 0.1) is 11.3 Å². The third-order valence-electron chi connectivity index (χ3n) is 2.04. The molecule has 0 aromatic heterocycles. The Morgan fingerprint density at radius 1 is 1.60 bits per heavy atom. The summed E-state index contributed by atoms with van der Waals surface area (Å²) in [4.78, 5) is 0. The first kappa shape index (κ1) is 12.1. The van der Waals surface area contributed by atoms with E-state index in [0.29, 0.717) is 22.7 Å². The molecule has 1 aromatic rings. The quantitative estimate of drug-likeness (QED) is 0.842. The standard InChI is InChI=1S/C11H10BrClN2/c1-2-7(6-14)11(15)8-3-4-10(13)9(12)5-8/h3-5H,2,15H2,1H3/b11-7-. The van der Waals surface area contributed by atoms with Crippen LogP contribution in [-0.2, 0) is 0 Å². The Balaban J connectivity index is 3.24. The largest absolute Gasteiger partial charge is 0.397 e. The highest BCUT2D eigenvalue weighted by atomic mass is 79.9. The summed E-state index contributed by atoms with van der Waals surface area (Å²) in [6.07, 6.45) is 0.628. The van der Waals surface area contributed by atoms with Gasteiger partial charge in [-0.3, -0.25) is 0 Å². The molecule has 0 saturated carbocycles. The minimum Gasteiger partial charge on any atom is -0.397 e.